The van der Waals surface area contributed by atoms with Crippen LogP contribution < -0.4 is 11.3 Å². The van der Waals surface area contributed by atoms with Gasteiger partial charge in [0.25, 0.3) is 5.56 Å². The van der Waals surface area contributed by atoms with Crippen molar-refractivity contribution < 1.29 is 4.79 Å². The van der Waals surface area contributed by atoms with Crippen LogP contribution in [0, 0.1) is 0 Å². The zero-order valence-electron chi connectivity index (χ0n) is 11.3. The maximum Gasteiger partial charge on any atom is 0.255 e. The number of aromatic nitrogens is 2. The smallest absolute Gasteiger partial charge is 0.255 e. The summed E-state index contributed by atoms with van der Waals surface area (Å²) >= 11 is 5.88. The minimum absolute atomic E-state index is 0.179. The van der Waals surface area contributed by atoms with E-state index in [1.54, 1.807) is 22.8 Å². The summed E-state index contributed by atoms with van der Waals surface area (Å²) in [6.45, 7) is 0.357. The average Bonchev–Trinajstić information content (AvgIpc) is 3.26. The van der Waals surface area contributed by atoms with Crippen molar-refractivity contribution in [2.24, 2.45) is 5.73 Å². The van der Waals surface area contributed by atoms with E-state index in [0.717, 1.165) is 24.2 Å². The number of carbonyl (C=O) groups excluding carboxylic acids is 1. The zero-order chi connectivity index (χ0) is 15.0. The van der Waals surface area contributed by atoms with Crippen molar-refractivity contribution >= 4 is 17.5 Å². The predicted octanol–water partition coefficient (Wildman–Crippen LogP) is 1.92. The molecule has 0 unspecified atom stereocenters. The molecule has 1 aromatic carbocycles. The van der Waals surface area contributed by atoms with Gasteiger partial charge in [-0.1, -0.05) is 23.7 Å². The molecule has 5 nitrogen and oxygen atoms in total. The Labute approximate surface area is 126 Å². The Kier molecular flexibility index (Phi) is 3.51. The quantitative estimate of drug-likeness (QED) is 0.877. The molecular weight excluding hydrogens is 290 g/mol. The molecule has 2 N–H and O–H groups in total. The number of nitrogens with zero attached hydrogens (tertiary/aromatic N) is 2. The van der Waals surface area contributed by atoms with Gasteiger partial charge in [-0.25, -0.2) is 4.98 Å². The van der Waals surface area contributed by atoms with Gasteiger partial charge in [-0.05, 0) is 30.5 Å². The first-order valence-electron chi connectivity index (χ1n) is 6.70. The number of rotatable bonds is 4. The molecule has 3 rings (SSSR count). The Hall–Kier alpha value is -2.14. The maximum absolute atomic E-state index is 12.2. The second kappa shape index (κ2) is 5.33. The van der Waals surface area contributed by atoms with Crippen LogP contribution in [0.4, 0.5) is 0 Å². The third kappa shape index (κ3) is 2.97. The third-order valence-corrected chi connectivity index (χ3v) is 3.69. The summed E-state index contributed by atoms with van der Waals surface area (Å²) in [5, 5.41) is 0.226. The van der Waals surface area contributed by atoms with Gasteiger partial charge >= 0.3 is 0 Å². The normalized spacial score (nSPS) is 14.1. The lowest BCUT2D eigenvalue weighted by Gasteiger charge is -2.12. The molecule has 1 aliphatic carbocycles. The molecular formula is C15H14ClN3O2. The molecule has 21 heavy (non-hydrogen) atoms. The van der Waals surface area contributed by atoms with Crippen LogP contribution in [0.15, 0.2) is 35.1 Å². The molecule has 0 saturated heterocycles. The Morgan fingerprint density at radius 3 is 2.81 bits per heavy atom. The van der Waals surface area contributed by atoms with E-state index < -0.39 is 5.91 Å². The standard InChI is InChI=1S/C15H14ClN3O2/c16-12-7-13(20)19(15(18-12)10-4-5-10)8-9-2-1-3-11(6-9)14(17)21/h1-3,6-7,10H,4-5,8H2,(H2,17,21). The Morgan fingerprint density at radius 1 is 1.38 bits per heavy atom. The minimum Gasteiger partial charge on any atom is -0.366 e. The minimum atomic E-state index is -0.485. The van der Waals surface area contributed by atoms with Crippen LogP contribution in [0.5, 0.6) is 0 Å². The first-order valence-corrected chi connectivity index (χ1v) is 7.08. The predicted molar refractivity (Wildman–Crippen MR) is 79.5 cm³/mol. The van der Waals surface area contributed by atoms with Gasteiger partial charge in [0.1, 0.15) is 11.0 Å². The molecule has 0 spiro atoms. The van der Waals surface area contributed by atoms with Gasteiger partial charge in [0.2, 0.25) is 5.91 Å². The maximum atomic E-state index is 12.2. The molecule has 0 atom stereocenters. The van der Waals surface area contributed by atoms with Crippen molar-refractivity contribution in [3.05, 3.63) is 62.8 Å². The second-order valence-electron chi connectivity index (χ2n) is 5.20. The molecule has 1 aromatic heterocycles. The monoisotopic (exact) mass is 303 g/mol. The van der Waals surface area contributed by atoms with Crippen LogP contribution in [0.25, 0.3) is 0 Å². The van der Waals surface area contributed by atoms with E-state index in [4.69, 9.17) is 17.3 Å². The first kappa shape index (κ1) is 13.8. The van der Waals surface area contributed by atoms with Gasteiger partial charge in [0.15, 0.2) is 0 Å². The molecule has 1 aliphatic rings. The topological polar surface area (TPSA) is 78.0 Å². The number of halogens is 1. The molecule has 1 amide bonds. The summed E-state index contributed by atoms with van der Waals surface area (Å²) in [4.78, 5) is 27.7. The number of hydrogen-bond donors (Lipinski definition) is 1. The third-order valence-electron chi connectivity index (χ3n) is 3.50. The summed E-state index contributed by atoms with van der Waals surface area (Å²) in [7, 11) is 0. The highest BCUT2D eigenvalue weighted by Crippen LogP contribution is 2.38. The fourth-order valence-electron chi connectivity index (χ4n) is 2.31. The summed E-state index contributed by atoms with van der Waals surface area (Å²) in [5.41, 5.74) is 6.36. The van der Waals surface area contributed by atoms with Gasteiger partial charge in [-0.2, -0.15) is 0 Å². The van der Waals surface area contributed by atoms with Gasteiger partial charge in [-0.3, -0.25) is 14.2 Å². The number of carbonyl (C=O) groups is 1. The van der Waals surface area contributed by atoms with E-state index in [1.807, 2.05) is 6.07 Å². The van der Waals surface area contributed by atoms with Gasteiger partial charge < -0.3 is 5.73 Å². The number of amides is 1. The fraction of sp³-hybridized carbons (Fsp3) is 0.267. The molecule has 0 bridgehead atoms. The summed E-state index contributed by atoms with van der Waals surface area (Å²) in [6, 6.07) is 8.26. The van der Waals surface area contributed by atoms with Crippen LogP contribution in [0.2, 0.25) is 5.15 Å². The van der Waals surface area contributed by atoms with Crippen LogP contribution >= 0.6 is 11.6 Å². The van der Waals surface area contributed by atoms with Crippen molar-refractivity contribution in [3.63, 3.8) is 0 Å². The largest absolute Gasteiger partial charge is 0.366 e. The lowest BCUT2D eigenvalue weighted by atomic mass is 10.1. The molecule has 6 heteroatoms. The molecule has 0 radical (unpaired) electrons. The summed E-state index contributed by atoms with van der Waals surface area (Å²) in [5.74, 6) is 0.536. The van der Waals surface area contributed by atoms with Crippen molar-refractivity contribution in [1.82, 2.24) is 9.55 Å². The Morgan fingerprint density at radius 2 is 2.14 bits per heavy atom. The van der Waals surface area contributed by atoms with Crippen LogP contribution in [0.1, 0.15) is 40.5 Å². The SMILES string of the molecule is NC(=O)c1cccc(Cn2c(C3CC3)nc(Cl)cc2=O)c1. The number of nitrogens with two attached hydrogens (primary N) is 1. The van der Waals surface area contributed by atoms with Gasteiger partial charge in [0, 0.05) is 17.5 Å². The van der Waals surface area contributed by atoms with E-state index >= 15 is 0 Å². The number of benzene rings is 1. The van der Waals surface area contributed by atoms with E-state index in [-0.39, 0.29) is 10.7 Å². The first-order chi connectivity index (χ1) is 10.0. The van der Waals surface area contributed by atoms with Crippen LogP contribution in [-0.2, 0) is 6.54 Å². The highest BCUT2D eigenvalue weighted by Gasteiger charge is 2.29. The highest BCUT2D eigenvalue weighted by molar-refractivity contribution is 6.29. The van der Waals surface area contributed by atoms with Crippen LogP contribution in [0.3, 0.4) is 0 Å². The molecule has 2 aromatic rings. The van der Waals surface area contributed by atoms with Crippen molar-refractivity contribution in [2.45, 2.75) is 25.3 Å². The van der Waals surface area contributed by atoms with E-state index in [2.05, 4.69) is 4.98 Å². The zero-order valence-corrected chi connectivity index (χ0v) is 12.0. The van der Waals surface area contributed by atoms with Gasteiger partial charge in [-0.15, -0.1) is 0 Å². The molecule has 1 fully saturated rings. The van der Waals surface area contributed by atoms with Crippen molar-refractivity contribution in [2.75, 3.05) is 0 Å². The summed E-state index contributed by atoms with van der Waals surface area (Å²) < 4.78 is 1.61. The van der Waals surface area contributed by atoms with E-state index in [0.29, 0.717) is 18.0 Å². The van der Waals surface area contributed by atoms with E-state index in [1.165, 1.54) is 6.07 Å². The summed E-state index contributed by atoms with van der Waals surface area (Å²) in [6.07, 6.45) is 2.04. The fourth-order valence-corrected chi connectivity index (χ4v) is 2.49. The molecule has 1 saturated carbocycles. The lowest BCUT2D eigenvalue weighted by Crippen LogP contribution is -2.25. The van der Waals surface area contributed by atoms with Gasteiger partial charge in [0.05, 0.1) is 6.54 Å². The molecule has 108 valence electrons. The van der Waals surface area contributed by atoms with Crippen LogP contribution in [-0.4, -0.2) is 15.5 Å². The van der Waals surface area contributed by atoms with Crippen molar-refractivity contribution in [1.29, 1.82) is 0 Å². The number of hydrogen-bond acceptors (Lipinski definition) is 3. The molecule has 1 heterocycles. The highest BCUT2D eigenvalue weighted by atomic mass is 35.5. The van der Waals surface area contributed by atoms with Crippen molar-refractivity contribution in [3.8, 4) is 0 Å². The second-order valence-corrected chi connectivity index (χ2v) is 5.59. The van der Waals surface area contributed by atoms with E-state index in [9.17, 15) is 9.59 Å². The Bertz CT molecular complexity index is 766. The Balaban J connectivity index is 2.00. The average molecular weight is 304 g/mol. The molecule has 0 aliphatic heterocycles. The lowest BCUT2D eigenvalue weighted by molar-refractivity contribution is 0.1000. The number of primary amides is 1.